The minimum absolute atomic E-state index is 0.0710. The predicted molar refractivity (Wildman–Crippen MR) is 84.4 cm³/mol. The first-order chi connectivity index (χ1) is 10.5. The van der Waals surface area contributed by atoms with Crippen molar-refractivity contribution in [1.82, 2.24) is 0 Å². The molecule has 0 aliphatic heterocycles. The highest BCUT2D eigenvalue weighted by Gasteiger charge is 2.27. The fraction of sp³-hybridized carbons (Fsp3) is 0.400. The number of amides is 1. The van der Waals surface area contributed by atoms with Gasteiger partial charge in [-0.15, -0.1) is 11.3 Å². The predicted octanol–water partition coefficient (Wildman–Crippen LogP) is 2.92. The van der Waals surface area contributed by atoms with Crippen LogP contribution in [0.4, 0.5) is 5.00 Å². The van der Waals surface area contributed by atoms with Crippen molar-refractivity contribution in [2.45, 2.75) is 27.2 Å². The second kappa shape index (κ2) is 8.33. The maximum absolute atomic E-state index is 12.1. The summed E-state index contributed by atoms with van der Waals surface area (Å²) in [6.07, 6.45) is 1.71. The molecule has 0 unspecified atom stereocenters. The second-order valence-corrected chi connectivity index (χ2v) is 5.29. The summed E-state index contributed by atoms with van der Waals surface area (Å²) in [7, 11) is 0. The lowest BCUT2D eigenvalue weighted by Crippen LogP contribution is -2.13. The number of carbonyl (C=O) groups excluding carboxylic acids is 3. The molecule has 0 saturated carbocycles. The first kappa shape index (κ1) is 17.9. The molecule has 1 amide bonds. The fourth-order valence-corrected chi connectivity index (χ4v) is 2.77. The SMILES string of the molecule is C=CCOC(=O)c1sc(NC(=O)CC)c(C(=O)OCC)c1C. The Kier molecular flexibility index (Phi) is 6.78. The third kappa shape index (κ3) is 4.17. The van der Waals surface area contributed by atoms with Gasteiger partial charge in [-0.3, -0.25) is 4.79 Å². The monoisotopic (exact) mass is 325 g/mol. The summed E-state index contributed by atoms with van der Waals surface area (Å²) >= 11 is 1.00. The molecule has 0 bridgehead atoms. The van der Waals surface area contributed by atoms with Gasteiger partial charge in [0.1, 0.15) is 16.5 Å². The van der Waals surface area contributed by atoms with E-state index in [1.165, 1.54) is 6.08 Å². The minimum atomic E-state index is -0.578. The molecule has 1 aromatic heterocycles. The van der Waals surface area contributed by atoms with Gasteiger partial charge >= 0.3 is 11.9 Å². The zero-order chi connectivity index (χ0) is 16.7. The smallest absolute Gasteiger partial charge is 0.348 e. The lowest BCUT2D eigenvalue weighted by atomic mass is 10.1. The highest BCUT2D eigenvalue weighted by atomic mass is 32.1. The van der Waals surface area contributed by atoms with Gasteiger partial charge in [-0.05, 0) is 19.4 Å². The molecular formula is C15H19NO5S. The Bertz CT molecular complexity index is 591. The van der Waals surface area contributed by atoms with Crippen LogP contribution in [-0.2, 0) is 14.3 Å². The summed E-state index contributed by atoms with van der Waals surface area (Å²) in [6, 6.07) is 0. The van der Waals surface area contributed by atoms with Crippen molar-refractivity contribution in [3.63, 3.8) is 0 Å². The number of hydrogen-bond donors (Lipinski definition) is 1. The number of carbonyl (C=O) groups is 3. The van der Waals surface area contributed by atoms with Gasteiger partial charge in [0.2, 0.25) is 5.91 Å². The van der Waals surface area contributed by atoms with Crippen LogP contribution in [0.2, 0.25) is 0 Å². The van der Waals surface area contributed by atoms with Crippen molar-refractivity contribution >= 4 is 34.2 Å². The highest BCUT2D eigenvalue weighted by Crippen LogP contribution is 2.34. The van der Waals surface area contributed by atoms with E-state index in [9.17, 15) is 14.4 Å². The molecule has 0 atom stereocenters. The van der Waals surface area contributed by atoms with E-state index in [1.807, 2.05) is 0 Å². The van der Waals surface area contributed by atoms with Crippen molar-refractivity contribution < 1.29 is 23.9 Å². The van der Waals surface area contributed by atoms with Crippen molar-refractivity contribution in [2.75, 3.05) is 18.5 Å². The van der Waals surface area contributed by atoms with Crippen molar-refractivity contribution in [1.29, 1.82) is 0 Å². The van der Waals surface area contributed by atoms with Gasteiger partial charge in [0, 0.05) is 6.42 Å². The van der Waals surface area contributed by atoms with Crippen LogP contribution in [0.15, 0.2) is 12.7 Å². The highest BCUT2D eigenvalue weighted by molar-refractivity contribution is 7.18. The zero-order valence-corrected chi connectivity index (χ0v) is 13.7. The first-order valence-electron chi connectivity index (χ1n) is 6.84. The molecule has 1 heterocycles. The van der Waals surface area contributed by atoms with Crippen LogP contribution in [0.1, 0.15) is 45.9 Å². The summed E-state index contributed by atoms with van der Waals surface area (Å²) in [4.78, 5) is 35.9. The lowest BCUT2D eigenvalue weighted by Gasteiger charge is -2.06. The maximum Gasteiger partial charge on any atom is 0.348 e. The van der Waals surface area contributed by atoms with Gasteiger partial charge < -0.3 is 14.8 Å². The summed E-state index contributed by atoms with van der Waals surface area (Å²) < 4.78 is 9.97. The average Bonchev–Trinajstić information content (AvgIpc) is 2.81. The number of thiophene rings is 1. The van der Waals surface area contributed by atoms with E-state index in [2.05, 4.69) is 11.9 Å². The Morgan fingerprint density at radius 2 is 1.91 bits per heavy atom. The van der Waals surface area contributed by atoms with E-state index >= 15 is 0 Å². The summed E-state index contributed by atoms with van der Waals surface area (Å²) in [5.41, 5.74) is 0.628. The van der Waals surface area contributed by atoms with Crippen LogP contribution < -0.4 is 5.32 Å². The molecule has 1 aromatic rings. The quantitative estimate of drug-likeness (QED) is 0.616. The van der Waals surface area contributed by atoms with Crippen molar-refractivity contribution in [3.05, 3.63) is 28.7 Å². The number of esters is 2. The number of nitrogens with one attached hydrogen (secondary N) is 1. The third-order valence-corrected chi connectivity index (χ3v) is 3.91. The molecule has 0 fully saturated rings. The molecule has 0 aliphatic rings. The molecule has 1 N–H and O–H groups in total. The van der Waals surface area contributed by atoms with Gasteiger partial charge in [-0.1, -0.05) is 19.6 Å². The topological polar surface area (TPSA) is 81.7 Å². The Morgan fingerprint density at radius 1 is 1.23 bits per heavy atom. The van der Waals surface area contributed by atoms with E-state index in [0.29, 0.717) is 10.6 Å². The van der Waals surface area contributed by atoms with Gasteiger partial charge in [-0.2, -0.15) is 0 Å². The zero-order valence-electron chi connectivity index (χ0n) is 12.9. The molecule has 0 saturated heterocycles. The minimum Gasteiger partial charge on any atom is -0.462 e. The van der Waals surface area contributed by atoms with Crippen LogP contribution in [0.3, 0.4) is 0 Å². The Labute approximate surface area is 133 Å². The summed E-state index contributed by atoms with van der Waals surface area (Å²) in [5.74, 6) is -1.40. The first-order valence-corrected chi connectivity index (χ1v) is 7.66. The van der Waals surface area contributed by atoms with E-state index in [0.717, 1.165) is 11.3 Å². The molecule has 0 aromatic carbocycles. The molecule has 7 heteroatoms. The number of rotatable bonds is 7. The van der Waals surface area contributed by atoms with Crippen LogP contribution >= 0.6 is 11.3 Å². The Balaban J connectivity index is 3.22. The van der Waals surface area contributed by atoms with Crippen molar-refractivity contribution in [3.8, 4) is 0 Å². The van der Waals surface area contributed by atoms with Crippen LogP contribution in [-0.4, -0.2) is 31.1 Å². The normalized spacial score (nSPS) is 9.95. The second-order valence-electron chi connectivity index (χ2n) is 4.27. The Hall–Kier alpha value is -2.15. The standard InChI is InChI=1S/C15H19NO5S/c1-5-8-21-15(19)12-9(4)11(14(18)20-7-3)13(22-12)16-10(17)6-2/h5H,1,6-8H2,2-4H3,(H,16,17). The average molecular weight is 325 g/mol. The van der Waals surface area contributed by atoms with E-state index in [1.54, 1.807) is 20.8 Å². The maximum atomic E-state index is 12.1. The molecule has 1 rings (SSSR count). The van der Waals surface area contributed by atoms with Crippen LogP contribution in [0.25, 0.3) is 0 Å². The van der Waals surface area contributed by atoms with E-state index in [4.69, 9.17) is 9.47 Å². The van der Waals surface area contributed by atoms with Crippen LogP contribution in [0, 0.1) is 6.92 Å². The van der Waals surface area contributed by atoms with Gasteiger partial charge in [0.25, 0.3) is 0 Å². The van der Waals surface area contributed by atoms with E-state index < -0.39 is 11.9 Å². The molecule has 0 radical (unpaired) electrons. The van der Waals surface area contributed by atoms with Gasteiger partial charge in [0.15, 0.2) is 0 Å². The third-order valence-electron chi connectivity index (χ3n) is 2.72. The van der Waals surface area contributed by atoms with Gasteiger partial charge in [-0.25, -0.2) is 9.59 Å². The van der Waals surface area contributed by atoms with E-state index in [-0.39, 0.29) is 36.0 Å². The number of ether oxygens (including phenoxy) is 2. The molecule has 22 heavy (non-hydrogen) atoms. The number of hydrogen-bond acceptors (Lipinski definition) is 6. The van der Waals surface area contributed by atoms with Crippen molar-refractivity contribution in [2.24, 2.45) is 0 Å². The van der Waals surface area contributed by atoms with Crippen LogP contribution in [0.5, 0.6) is 0 Å². The molecule has 6 nitrogen and oxygen atoms in total. The molecule has 0 spiro atoms. The largest absolute Gasteiger partial charge is 0.462 e. The summed E-state index contributed by atoms with van der Waals surface area (Å²) in [6.45, 7) is 8.74. The van der Waals surface area contributed by atoms with Gasteiger partial charge in [0.05, 0.1) is 12.2 Å². The molecular weight excluding hydrogens is 306 g/mol. The molecule has 120 valence electrons. The fourth-order valence-electron chi connectivity index (χ4n) is 1.66. The molecule has 0 aliphatic carbocycles. The summed E-state index contributed by atoms with van der Waals surface area (Å²) in [5, 5.41) is 2.92. The number of anilines is 1. The Morgan fingerprint density at radius 3 is 2.45 bits per heavy atom. The lowest BCUT2D eigenvalue weighted by molar-refractivity contribution is -0.115.